The molecule has 0 atom stereocenters. The Balaban J connectivity index is 1.53. The van der Waals surface area contributed by atoms with Gasteiger partial charge in [0.1, 0.15) is 0 Å². The van der Waals surface area contributed by atoms with Crippen molar-refractivity contribution >= 4 is 17.6 Å². The number of amides is 1. The van der Waals surface area contributed by atoms with E-state index in [2.05, 4.69) is 45.1 Å². The topological polar surface area (TPSA) is 78.0 Å². The molecule has 1 aromatic rings. The maximum atomic E-state index is 11.7. The minimum absolute atomic E-state index is 0.179. The number of carbonyl (C=O) groups is 1. The molecule has 1 saturated heterocycles. The van der Waals surface area contributed by atoms with Crippen LogP contribution in [0.5, 0.6) is 0 Å². The highest BCUT2D eigenvalue weighted by molar-refractivity contribution is 5.81. The average molecular weight is 374 g/mol. The van der Waals surface area contributed by atoms with Gasteiger partial charge in [-0.1, -0.05) is 18.2 Å². The Hall–Kier alpha value is -2.28. The van der Waals surface area contributed by atoms with Crippen LogP contribution < -0.4 is 20.9 Å². The number of carbonyl (C=O) groups excluding carboxylic acids is 1. The molecule has 0 unspecified atom stereocenters. The van der Waals surface area contributed by atoms with Crippen LogP contribution in [0.3, 0.4) is 0 Å². The first-order chi connectivity index (χ1) is 13.3. The molecule has 0 aromatic heterocycles. The summed E-state index contributed by atoms with van der Waals surface area (Å²) in [6.07, 6.45) is 2.07. The van der Waals surface area contributed by atoms with Gasteiger partial charge < -0.3 is 25.6 Å². The molecular weight excluding hydrogens is 342 g/mol. The maximum absolute atomic E-state index is 11.7. The van der Waals surface area contributed by atoms with Crippen LogP contribution in [0.2, 0.25) is 0 Å². The quantitative estimate of drug-likeness (QED) is 0.361. The number of hydrogen-bond acceptors (Lipinski definition) is 4. The predicted molar refractivity (Wildman–Crippen MR) is 108 cm³/mol. The third-order valence-corrected chi connectivity index (χ3v) is 4.76. The predicted octanol–water partition coefficient (Wildman–Crippen LogP) is 1.10. The molecule has 148 valence electrons. The summed E-state index contributed by atoms with van der Waals surface area (Å²) in [7, 11) is 0. The molecule has 2 aliphatic rings. The van der Waals surface area contributed by atoms with E-state index in [0.29, 0.717) is 19.6 Å². The van der Waals surface area contributed by atoms with Crippen molar-refractivity contribution in [3.05, 3.63) is 29.8 Å². The molecule has 1 saturated carbocycles. The van der Waals surface area contributed by atoms with E-state index in [1.807, 2.05) is 6.92 Å². The molecule has 1 amide bonds. The Morgan fingerprint density at radius 2 is 1.89 bits per heavy atom. The molecule has 7 nitrogen and oxygen atoms in total. The zero-order chi connectivity index (χ0) is 18.9. The summed E-state index contributed by atoms with van der Waals surface area (Å²) in [5.74, 6) is 1.21. The van der Waals surface area contributed by atoms with Gasteiger partial charge in [0.15, 0.2) is 5.96 Å². The highest BCUT2D eigenvalue weighted by atomic mass is 16.5. The van der Waals surface area contributed by atoms with Crippen molar-refractivity contribution in [2.24, 2.45) is 10.9 Å². The fourth-order valence-electron chi connectivity index (χ4n) is 3.12. The van der Waals surface area contributed by atoms with Crippen molar-refractivity contribution < 1.29 is 9.53 Å². The van der Waals surface area contributed by atoms with E-state index in [1.165, 1.54) is 11.3 Å². The monoisotopic (exact) mass is 373 g/mol. The van der Waals surface area contributed by atoms with Crippen LogP contribution in [-0.4, -0.2) is 57.8 Å². The SMILES string of the molecule is CCNC(=NCc1ccccc1N1CCOCC1)NCCNC(=O)C1CC1. The molecule has 2 fully saturated rings. The average Bonchev–Trinajstić information content (AvgIpc) is 3.55. The largest absolute Gasteiger partial charge is 0.378 e. The van der Waals surface area contributed by atoms with Crippen molar-refractivity contribution in [3.8, 4) is 0 Å². The van der Waals surface area contributed by atoms with Gasteiger partial charge in [0.25, 0.3) is 0 Å². The first-order valence-corrected chi connectivity index (χ1v) is 9.98. The first-order valence-electron chi connectivity index (χ1n) is 9.98. The second-order valence-electron chi connectivity index (χ2n) is 6.92. The van der Waals surface area contributed by atoms with E-state index >= 15 is 0 Å². The molecule has 1 aliphatic heterocycles. The van der Waals surface area contributed by atoms with Crippen molar-refractivity contribution in [3.63, 3.8) is 0 Å². The molecule has 0 bridgehead atoms. The fraction of sp³-hybridized carbons (Fsp3) is 0.600. The normalized spacial score (nSPS) is 17.5. The minimum atomic E-state index is 0.179. The Labute approximate surface area is 161 Å². The maximum Gasteiger partial charge on any atom is 0.223 e. The summed E-state index contributed by atoms with van der Waals surface area (Å²) >= 11 is 0. The van der Waals surface area contributed by atoms with Crippen LogP contribution >= 0.6 is 0 Å². The van der Waals surface area contributed by atoms with Crippen LogP contribution in [0.1, 0.15) is 25.3 Å². The molecule has 0 spiro atoms. The lowest BCUT2D eigenvalue weighted by atomic mass is 10.1. The highest BCUT2D eigenvalue weighted by Crippen LogP contribution is 2.28. The number of nitrogens with one attached hydrogen (secondary N) is 3. The van der Waals surface area contributed by atoms with Crippen molar-refractivity contribution in [1.82, 2.24) is 16.0 Å². The zero-order valence-corrected chi connectivity index (χ0v) is 16.2. The van der Waals surface area contributed by atoms with Crippen LogP contribution in [0.4, 0.5) is 5.69 Å². The fourth-order valence-corrected chi connectivity index (χ4v) is 3.12. The number of morpholine rings is 1. The van der Waals surface area contributed by atoms with E-state index in [0.717, 1.165) is 51.6 Å². The summed E-state index contributed by atoms with van der Waals surface area (Å²) in [6, 6.07) is 8.42. The smallest absolute Gasteiger partial charge is 0.223 e. The molecule has 1 aromatic carbocycles. The number of benzene rings is 1. The van der Waals surface area contributed by atoms with Gasteiger partial charge in [0.2, 0.25) is 5.91 Å². The van der Waals surface area contributed by atoms with Crippen molar-refractivity contribution in [2.75, 3.05) is 50.8 Å². The number of ether oxygens (including phenoxy) is 1. The second-order valence-corrected chi connectivity index (χ2v) is 6.92. The van der Waals surface area contributed by atoms with Gasteiger partial charge in [-0.2, -0.15) is 0 Å². The standard InChI is InChI=1S/C20H31N5O2/c1-2-21-20(23-10-9-22-19(26)16-7-8-16)24-15-17-5-3-4-6-18(17)25-11-13-27-14-12-25/h3-6,16H,2,7-15H2,1H3,(H,22,26)(H2,21,23,24). The Kier molecular flexibility index (Phi) is 7.33. The molecule has 1 aliphatic carbocycles. The number of anilines is 1. The third-order valence-electron chi connectivity index (χ3n) is 4.76. The van der Waals surface area contributed by atoms with Crippen LogP contribution in [-0.2, 0) is 16.1 Å². The third kappa shape index (κ3) is 6.13. The molecule has 3 N–H and O–H groups in total. The number of para-hydroxylation sites is 1. The van der Waals surface area contributed by atoms with E-state index < -0.39 is 0 Å². The van der Waals surface area contributed by atoms with Gasteiger partial charge in [-0.25, -0.2) is 4.99 Å². The van der Waals surface area contributed by atoms with Gasteiger partial charge in [-0.15, -0.1) is 0 Å². The molecule has 3 rings (SSSR count). The van der Waals surface area contributed by atoms with Gasteiger partial charge >= 0.3 is 0 Å². The summed E-state index contributed by atoms with van der Waals surface area (Å²) in [4.78, 5) is 18.8. The Bertz CT molecular complexity index is 639. The van der Waals surface area contributed by atoms with E-state index in [9.17, 15) is 4.79 Å². The van der Waals surface area contributed by atoms with E-state index in [1.54, 1.807) is 0 Å². The number of nitrogens with zero attached hydrogens (tertiary/aromatic N) is 2. The van der Waals surface area contributed by atoms with Gasteiger partial charge in [0, 0.05) is 44.3 Å². The van der Waals surface area contributed by atoms with Crippen molar-refractivity contribution in [2.45, 2.75) is 26.3 Å². The van der Waals surface area contributed by atoms with Crippen LogP contribution in [0.15, 0.2) is 29.3 Å². The second kappa shape index (κ2) is 10.2. The molecule has 0 radical (unpaired) electrons. The summed E-state index contributed by atoms with van der Waals surface area (Å²) in [5.41, 5.74) is 2.44. The highest BCUT2D eigenvalue weighted by Gasteiger charge is 2.28. The number of hydrogen-bond donors (Lipinski definition) is 3. The molecule has 7 heteroatoms. The lowest BCUT2D eigenvalue weighted by molar-refractivity contribution is -0.122. The number of guanidine groups is 1. The summed E-state index contributed by atoms with van der Waals surface area (Å²) in [5, 5.41) is 9.53. The van der Waals surface area contributed by atoms with Crippen LogP contribution in [0.25, 0.3) is 0 Å². The molecule has 27 heavy (non-hydrogen) atoms. The molecule has 1 heterocycles. The number of aliphatic imine (C=N–C) groups is 1. The Morgan fingerprint density at radius 3 is 2.63 bits per heavy atom. The van der Waals surface area contributed by atoms with E-state index in [4.69, 9.17) is 9.73 Å². The zero-order valence-electron chi connectivity index (χ0n) is 16.2. The minimum Gasteiger partial charge on any atom is -0.378 e. The van der Waals surface area contributed by atoms with Gasteiger partial charge in [-0.3, -0.25) is 4.79 Å². The lowest BCUT2D eigenvalue weighted by Crippen LogP contribution is -2.41. The Morgan fingerprint density at radius 1 is 1.15 bits per heavy atom. The number of rotatable bonds is 8. The summed E-state index contributed by atoms with van der Waals surface area (Å²) < 4.78 is 5.46. The first kappa shape index (κ1) is 19.5. The summed E-state index contributed by atoms with van der Waals surface area (Å²) in [6.45, 7) is 8.11. The van der Waals surface area contributed by atoms with Gasteiger partial charge in [-0.05, 0) is 31.4 Å². The van der Waals surface area contributed by atoms with E-state index in [-0.39, 0.29) is 11.8 Å². The van der Waals surface area contributed by atoms with Crippen LogP contribution in [0, 0.1) is 5.92 Å². The van der Waals surface area contributed by atoms with Crippen molar-refractivity contribution in [1.29, 1.82) is 0 Å². The van der Waals surface area contributed by atoms with Gasteiger partial charge in [0.05, 0.1) is 19.8 Å². The lowest BCUT2D eigenvalue weighted by Gasteiger charge is -2.30. The molecular formula is C20H31N5O2.